The Labute approximate surface area is 113 Å². The molecule has 0 bridgehead atoms. The fourth-order valence-electron chi connectivity index (χ4n) is 2.50. The van der Waals surface area contributed by atoms with Crippen molar-refractivity contribution in [3.8, 4) is 0 Å². The highest BCUT2D eigenvalue weighted by Crippen LogP contribution is 2.22. The number of nitrogens with one attached hydrogen (secondary N) is 1. The first-order chi connectivity index (χ1) is 9.36. The van der Waals surface area contributed by atoms with Crippen LogP contribution >= 0.6 is 0 Å². The van der Waals surface area contributed by atoms with E-state index in [1.165, 1.54) is 11.1 Å². The van der Waals surface area contributed by atoms with Gasteiger partial charge in [-0.2, -0.15) is 0 Å². The maximum atomic E-state index is 4.61. The second-order valence-corrected chi connectivity index (χ2v) is 4.80. The van der Waals surface area contributed by atoms with E-state index in [9.17, 15) is 0 Å². The predicted octanol–water partition coefficient (Wildman–Crippen LogP) is 1.76. The van der Waals surface area contributed by atoms with E-state index in [-0.39, 0.29) is 0 Å². The molecule has 0 aliphatic carbocycles. The summed E-state index contributed by atoms with van der Waals surface area (Å²) < 4.78 is 0. The van der Waals surface area contributed by atoms with Crippen molar-refractivity contribution < 1.29 is 0 Å². The number of aromatic nitrogens is 2. The molecule has 1 aromatic carbocycles. The predicted molar refractivity (Wildman–Crippen MR) is 76.0 cm³/mol. The monoisotopic (exact) mass is 254 g/mol. The van der Waals surface area contributed by atoms with Gasteiger partial charge in [0.2, 0.25) is 0 Å². The van der Waals surface area contributed by atoms with Gasteiger partial charge in [-0.1, -0.05) is 24.3 Å². The van der Waals surface area contributed by atoms with Crippen LogP contribution < -0.4 is 10.2 Å². The summed E-state index contributed by atoms with van der Waals surface area (Å²) in [6, 6.07) is 10.6. The minimum absolute atomic E-state index is 0.707. The summed E-state index contributed by atoms with van der Waals surface area (Å²) in [4.78, 5) is 11.2. The minimum Gasteiger partial charge on any atom is -0.352 e. The molecule has 0 unspecified atom stereocenters. The van der Waals surface area contributed by atoms with Crippen molar-refractivity contribution in [2.75, 3.05) is 18.5 Å². The topological polar surface area (TPSA) is 41.1 Å². The van der Waals surface area contributed by atoms with E-state index in [4.69, 9.17) is 0 Å². The van der Waals surface area contributed by atoms with Gasteiger partial charge < -0.3 is 10.2 Å². The fraction of sp³-hybridized carbons (Fsp3) is 0.333. The lowest BCUT2D eigenvalue weighted by atomic mass is 10.00. The third-order valence-corrected chi connectivity index (χ3v) is 3.48. The van der Waals surface area contributed by atoms with Gasteiger partial charge in [0.15, 0.2) is 0 Å². The Kier molecular flexibility index (Phi) is 3.42. The van der Waals surface area contributed by atoms with Crippen LogP contribution in [0.4, 0.5) is 5.82 Å². The second-order valence-electron chi connectivity index (χ2n) is 4.80. The number of hydrogen-bond donors (Lipinski definition) is 1. The van der Waals surface area contributed by atoms with Crippen molar-refractivity contribution in [1.29, 1.82) is 0 Å². The van der Waals surface area contributed by atoms with Crippen LogP contribution in [0, 0.1) is 0 Å². The van der Waals surface area contributed by atoms with Crippen LogP contribution in [0.25, 0.3) is 0 Å². The molecular formula is C15H18N4. The van der Waals surface area contributed by atoms with Crippen LogP contribution in [-0.2, 0) is 19.5 Å². The van der Waals surface area contributed by atoms with E-state index in [1.54, 1.807) is 0 Å². The molecule has 3 rings (SSSR count). The molecular weight excluding hydrogens is 236 g/mol. The maximum absolute atomic E-state index is 4.61. The van der Waals surface area contributed by atoms with Crippen molar-refractivity contribution >= 4 is 5.82 Å². The average Bonchev–Trinajstić information content (AvgIpc) is 2.47. The summed E-state index contributed by atoms with van der Waals surface area (Å²) in [5.41, 5.74) is 2.87. The summed E-state index contributed by atoms with van der Waals surface area (Å²) in [6.45, 7) is 2.66. The number of hydrogen-bond acceptors (Lipinski definition) is 4. The highest BCUT2D eigenvalue weighted by molar-refractivity contribution is 5.43. The van der Waals surface area contributed by atoms with Crippen molar-refractivity contribution in [2.45, 2.75) is 19.5 Å². The molecule has 1 aliphatic heterocycles. The molecule has 2 heterocycles. The van der Waals surface area contributed by atoms with Gasteiger partial charge in [0.1, 0.15) is 11.6 Å². The molecule has 0 radical (unpaired) electrons. The van der Waals surface area contributed by atoms with Crippen LogP contribution in [0.1, 0.15) is 17.0 Å². The molecule has 0 amide bonds. The minimum atomic E-state index is 0.707. The first kappa shape index (κ1) is 12.1. The number of rotatable bonds is 3. The Hall–Kier alpha value is -1.94. The zero-order valence-electron chi connectivity index (χ0n) is 11.1. The van der Waals surface area contributed by atoms with Gasteiger partial charge in [-0.25, -0.2) is 9.97 Å². The summed E-state index contributed by atoms with van der Waals surface area (Å²) in [5, 5.41) is 3.09. The van der Waals surface area contributed by atoms with Gasteiger partial charge in [-0.05, 0) is 30.7 Å². The van der Waals surface area contributed by atoms with Crippen molar-refractivity contribution in [2.24, 2.45) is 0 Å². The molecule has 1 N–H and O–H groups in total. The molecule has 4 nitrogen and oxygen atoms in total. The molecule has 1 aliphatic rings. The largest absolute Gasteiger partial charge is 0.352 e. The van der Waals surface area contributed by atoms with E-state index in [2.05, 4.69) is 44.5 Å². The van der Waals surface area contributed by atoms with Gasteiger partial charge in [0, 0.05) is 19.3 Å². The fourth-order valence-corrected chi connectivity index (χ4v) is 2.50. The Balaban J connectivity index is 1.82. The average molecular weight is 254 g/mol. The Bertz CT molecular complexity index is 568. The first-order valence-electron chi connectivity index (χ1n) is 6.65. The Morgan fingerprint density at radius 1 is 1.21 bits per heavy atom. The maximum Gasteiger partial charge on any atom is 0.144 e. The van der Waals surface area contributed by atoms with Gasteiger partial charge in [-0.15, -0.1) is 0 Å². The highest BCUT2D eigenvalue weighted by Gasteiger charge is 2.17. The third kappa shape index (κ3) is 2.58. The quantitative estimate of drug-likeness (QED) is 0.906. The molecule has 4 heteroatoms. The summed E-state index contributed by atoms with van der Waals surface area (Å²) in [7, 11) is 1.91. The van der Waals surface area contributed by atoms with Crippen molar-refractivity contribution in [3.05, 3.63) is 53.5 Å². The van der Waals surface area contributed by atoms with Gasteiger partial charge in [0.05, 0.1) is 6.54 Å². The van der Waals surface area contributed by atoms with E-state index in [1.807, 2.05) is 19.3 Å². The molecule has 2 aromatic rings. The molecule has 0 spiro atoms. The zero-order valence-corrected chi connectivity index (χ0v) is 11.1. The lowest BCUT2D eigenvalue weighted by Crippen LogP contribution is -2.31. The molecule has 0 saturated heterocycles. The molecule has 0 saturated carbocycles. The number of benzene rings is 1. The zero-order chi connectivity index (χ0) is 13.1. The second kappa shape index (κ2) is 5.36. The van der Waals surface area contributed by atoms with Crippen LogP contribution in [0.15, 0.2) is 36.5 Å². The summed E-state index contributed by atoms with van der Waals surface area (Å²) in [6.07, 6.45) is 2.93. The molecule has 0 fully saturated rings. The Morgan fingerprint density at radius 2 is 2.05 bits per heavy atom. The number of nitrogens with zero attached hydrogens (tertiary/aromatic N) is 3. The molecule has 98 valence electrons. The van der Waals surface area contributed by atoms with Gasteiger partial charge in [0.25, 0.3) is 0 Å². The lowest BCUT2D eigenvalue weighted by molar-refractivity contribution is 0.702. The summed E-state index contributed by atoms with van der Waals surface area (Å²) in [5.74, 6) is 1.87. The van der Waals surface area contributed by atoms with Crippen LogP contribution in [0.2, 0.25) is 0 Å². The summed E-state index contributed by atoms with van der Waals surface area (Å²) >= 11 is 0. The van der Waals surface area contributed by atoms with E-state index in [0.29, 0.717) is 6.54 Å². The number of anilines is 1. The molecule has 0 atom stereocenters. The highest BCUT2D eigenvalue weighted by atomic mass is 15.2. The van der Waals surface area contributed by atoms with E-state index in [0.717, 1.165) is 31.2 Å². The number of fused-ring (bicyclic) bond motifs is 1. The standard InChI is InChI=1S/C15H18N4/c1-16-10-14-17-8-6-15(18-14)19-9-7-12-4-2-3-5-13(12)11-19/h2-6,8,16H,7,9-11H2,1H3. The first-order valence-corrected chi connectivity index (χ1v) is 6.65. The molecule has 19 heavy (non-hydrogen) atoms. The normalized spacial score (nSPS) is 14.3. The van der Waals surface area contributed by atoms with E-state index < -0.39 is 0 Å². The van der Waals surface area contributed by atoms with Crippen molar-refractivity contribution in [3.63, 3.8) is 0 Å². The smallest absolute Gasteiger partial charge is 0.144 e. The van der Waals surface area contributed by atoms with Gasteiger partial charge in [-0.3, -0.25) is 0 Å². The van der Waals surface area contributed by atoms with Gasteiger partial charge >= 0.3 is 0 Å². The van der Waals surface area contributed by atoms with Crippen LogP contribution in [0.3, 0.4) is 0 Å². The van der Waals surface area contributed by atoms with Crippen LogP contribution in [-0.4, -0.2) is 23.6 Å². The lowest BCUT2D eigenvalue weighted by Gasteiger charge is -2.29. The molecule has 1 aromatic heterocycles. The van der Waals surface area contributed by atoms with Crippen molar-refractivity contribution in [1.82, 2.24) is 15.3 Å². The van der Waals surface area contributed by atoms with Crippen LogP contribution in [0.5, 0.6) is 0 Å². The van der Waals surface area contributed by atoms with E-state index >= 15 is 0 Å². The Morgan fingerprint density at radius 3 is 2.89 bits per heavy atom. The third-order valence-electron chi connectivity index (χ3n) is 3.48. The SMILES string of the molecule is CNCc1nccc(N2CCc3ccccc3C2)n1.